The maximum absolute atomic E-state index is 13.7. The van der Waals surface area contributed by atoms with Crippen LogP contribution in [0.5, 0.6) is 5.75 Å². The molecule has 2 N–H and O–H groups in total. The van der Waals surface area contributed by atoms with E-state index in [1.165, 1.54) is 0 Å². The van der Waals surface area contributed by atoms with Crippen molar-refractivity contribution in [3.05, 3.63) is 53.1 Å². The molecule has 7 nitrogen and oxygen atoms in total. The van der Waals surface area contributed by atoms with Gasteiger partial charge in [-0.1, -0.05) is 0 Å². The number of H-pyrrole nitrogens is 1. The molecule has 1 aromatic carbocycles. The van der Waals surface area contributed by atoms with Crippen LogP contribution >= 0.6 is 15.9 Å². The summed E-state index contributed by atoms with van der Waals surface area (Å²) < 4.78 is 13.4. The van der Waals surface area contributed by atoms with Gasteiger partial charge in [0.15, 0.2) is 0 Å². The van der Waals surface area contributed by atoms with Crippen molar-refractivity contribution < 1.29 is 14.4 Å². The SMILES string of the molecule is O=c1cc(O)c2c([N+](=O)[O-])c(F)c(Br)cc2[nH]c1=O. The Hall–Kier alpha value is -2.29. The van der Waals surface area contributed by atoms with E-state index in [-0.39, 0.29) is 9.99 Å². The number of aromatic nitrogens is 1. The fraction of sp³-hybridized carbons (Fsp3) is 0. The fourth-order valence-electron chi connectivity index (χ4n) is 1.59. The number of nitro groups is 1. The van der Waals surface area contributed by atoms with Crippen molar-refractivity contribution in [3.63, 3.8) is 0 Å². The number of halogens is 2. The third kappa shape index (κ3) is 2.08. The zero-order valence-corrected chi connectivity index (χ0v) is 10.5. The van der Waals surface area contributed by atoms with E-state index in [9.17, 15) is 29.2 Å². The summed E-state index contributed by atoms with van der Waals surface area (Å²) in [5, 5.41) is 20.0. The number of nitrogens with one attached hydrogen (secondary N) is 1. The van der Waals surface area contributed by atoms with Gasteiger partial charge in [0.05, 0.1) is 14.9 Å². The lowest BCUT2D eigenvalue weighted by Gasteiger charge is -2.01. The number of hydrogen-bond donors (Lipinski definition) is 2. The first-order valence-corrected chi connectivity index (χ1v) is 5.55. The van der Waals surface area contributed by atoms with E-state index in [0.29, 0.717) is 6.07 Å². The predicted molar refractivity (Wildman–Crippen MR) is 66.8 cm³/mol. The van der Waals surface area contributed by atoms with E-state index >= 15 is 0 Å². The number of aromatic amines is 1. The average Bonchev–Trinajstić information content (AvgIpc) is 2.40. The third-order valence-electron chi connectivity index (χ3n) is 2.37. The summed E-state index contributed by atoms with van der Waals surface area (Å²) in [6, 6.07) is 1.53. The van der Waals surface area contributed by atoms with Gasteiger partial charge in [0.2, 0.25) is 11.2 Å². The van der Waals surface area contributed by atoms with Crippen molar-refractivity contribution in [2.45, 2.75) is 0 Å². The maximum atomic E-state index is 13.7. The van der Waals surface area contributed by atoms with Gasteiger partial charge in [0.1, 0.15) is 11.1 Å². The number of nitrogens with zero attached hydrogens (tertiary/aromatic N) is 1. The Balaban J connectivity index is 3.23. The Kier molecular flexibility index (Phi) is 3.06. The van der Waals surface area contributed by atoms with Gasteiger partial charge in [-0.3, -0.25) is 19.7 Å². The van der Waals surface area contributed by atoms with E-state index in [1.54, 1.807) is 0 Å². The molecule has 0 unspecified atom stereocenters. The average molecular weight is 331 g/mol. The summed E-state index contributed by atoms with van der Waals surface area (Å²) in [7, 11) is 0. The Morgan fingerprint density at radius 3 is 2.58 bits per heavy atom. The van der Waals surface area contributed by atoms with Crippen molar-refractivity contribution in [1.82, 2.24) is 4.98 Å². The van der Waals surface area contributed by atoms with Crippen molar-refractivity contribution >= 4 is 32.5 Å². The highest BCUT2D eigenvalue weighted by Crippen LogP contribution is 2.36. The van der Waals surface area contributed by atoms with Gasteiger partial charge in [-0.15, -0.1) is 0 Å². The van der Waals surface area contributed by atoms with Crippen molar-refractivity contribution in [3.8, 4) is 5.75 Å². The van der Waals surface area contributed by atoms with Gasteiger partial charge in [-0.25, -0.2) is 0 Å². The summed E-state index contributed by atoms with van der Waals surface area (Å²) in [6.07, 6.45) is 0. The van der Waals surface area contributed by atoms with Crippen LogP contribution in [0, 0.1) is 15.9 Å². The van der Waals surface area contributed by atoms with Crippen LogP contribution in [0.25, 0.3) is 10.9 Å². The Morgan fingerprint density at radius 2 is 2.00 bits per heavy atom. The molecule has 19 heavy (non-hydrogen) atoms. The number of benzene rings is 1. The van der Waals surface area contributed by atoms with Crippen LogP contribution in [0.2, 0.25) is 0 Å². The molecule has 2 rings (SSSR count). The zero-order chi connectivity index (χ0) is 14.3. The molecule has 0 amide bonds. The summed E-state index contributed by atoms with van der Waals surface area (Å²) in [5.74, 6) is -2.07. The van der Waals surface area contributed by atoms with Gasteiger partial charge >= 0.3 is 5.69 Å². The molecular weight excluding hydrogens is 327 g/mol. The molecule has 1 aromatic heterocycles. The number of rotatable bonds is 1. The van der Waals surface area contributed by atoms with E-state index in [4.69, 9.17) is 0 Å². The highest BCUT2D eigenvalue weighted by atomic mass is 79.9. The lowest BCUT2D eigenvalue weighted by Crippen LogP contribution is -2.22. The molecule has 0 aliphatic rings. The van der Waals surface area contributed by atoms with Crippen LogP contribution in [0.1, 0.15) is 0 Å². The fourth-order valence-corrected chi connectivity index (χ4v) is 2.00. The third-order valence-corrected chi connectivity index (χ3v) is 2.95. The van der Waals surface area contributed by atoms with E-state index in [2.05, 4.69) is 20.9 Å². The maximum Gasteiger partial charge on any atom is 0.318 e. The molecule has 9 heteroatoms. The first-order chi connectivity index (χ1) is 8.82. The molecule has 98 valence electrons. The van der Waals surface area contributed by atoms with Crippen LogP contribution in [0.4, 0.5) is 10.1 Å². The van der Waals surface area contributed by atoms with E-state index in [0.717, 1.165) is 6.07 Å². The van der Waals surface area contributed by atoms with E-state index < -0.39 is 38.6 Å². The smallest absolute Gasteiger partial charge is 0.318 e. The molecule has 0 atom stereocenters. The largest absolute Gasteiger partial charge is 0.507 e. The highest BCUT2D eigenvalue weighted by molar-refractivity contribution is 9.10. The second-order valence-electron chi connectivity index (χ2n) is 3.55. The Morgan fingerprint density at radius 1 is 1.37 bits per heavy atom. The number of hydrogen-bond acceptors (Lipinski definition) is 5. The summed E-state index contributed by atoms with van der Waals surface area (Å²) in [5.41, 5.74) is -3.45. The molecule has 0 saturated carbocycles. The molecular formula is C10H4BrFN2O5. The van der Waals surface area contributed by atoms with Gasteiger partial charge in [0.25, 0.3) is 5.56 Å². The van der Waals surface area contributed by atoms with Gasteiger partial charge in [-0.2, -0.15) is 4.39 Å². The van der Waals surface area contributed by atoms with Crippen LogP contribution in [0.3, 0.4) is 0 Å². The second-order valence-corrected chi connectivity index (χ2v) is 4.40. The molecule has 0 radical (unpaired) electrons. The topological polar surface area (TPSA) is 113 Å². The molecule has 0 saturated heterocycles. The molecule has 0 spiro atoms. The van der Waals surface area contributed by atoms with Crippen molar-refractivity contribution in [2.75, 3.05) is 0 Å². The molecule has 0 bridgehead atoms. The molecule has 2 aromatic rings. The molecule has 0 aliphatic carbocycles. The molecule has 0 aliphatic heterocycles. The minimum Gasteiger partial charge on any atom is -0.507 e. The summed E-state index contributed by atoms with van der Waals surface area (Å²) in [4.78, 5) is 34.4. The monoisotopic (exact) mass is 330 g/mol. The first-order valence-electron chi connectivity index (χ1n) is 4.75. The Bertz CT molecular complexity index is 833. The van der Waals surface area contributed by atoms with E-state index in [1.807, 2.05) is 0 Å². The van der Waals surface area contributed by atoms with Crippen molar-refractivity contribution in [2.24, 2.45) is 0 Å². The van der Waals surface area contributed by atoms with Crippen LogP contribution < -0.4 is 11.0 Å². The molecule has 1 heterocycles. The summed E-state index contributed by atoms with van der Waals surface area (Å²) >= 11 is 2.76. The number of nitro benzene ring substituents is 1. The van der Waals surface area contributed by atoms with Gasteiger partial charge < -0.3 is 10.1 Å². The standard InChI is InChI=1S/C10H4BrFN2O5/c11-3-1-4-7(9(8(3)12)14(18)19)5(15)2-6(16)10(17)13-4/h1-2,15H,(H,13,16,17). The van der Waals surface area contributed by atoms with Gasteiger partial charge in [-0.05, 0) is 22.0 Å². The molecule has 0 fully saturated rings. The van der Waals surface area contributed by atoms with Gasteiger partial charge in [0, 0.05) is 6.07 Å². The lowest BCUT2D eigenvalue weighted by atomic mass is 10.2. The minimum atomic E-state index is -1.22. The quantitative estimate of drug-likeness (QED) is 0.466. The first kappa shape index (κ1) is 13.1. The minimum absolute atomic E-state index is 0.232. The zero-order valence-electron chi connectivity index (χ0n) is 8.94. The highest BCUT2D eigenvalue weighted by Gasteiger charge is 2.25. The Labute approximate surface area is 111 Å². The van der Waals surface area contributed by atoms with Crippen LogP contribution in [-0.4, -0.2) is 15.0 Å². The number of fused-ring (bicyclic) bond motifs is 1. The predicted octanol–water partition coefficient (Wildman–Crippen LogP) is 1.40. The van der Waals surface area contributed by atoms with Crippen LogP contribution in [-0.2, 0) is 0 Å². The second kappa shape index (κ2) is 4.43. The number of aromatic hydroxyl groups is 1. The van der Waals surface area contributed by atoms with Crippen LogP contribution in [0.15, 0.2) is 26.2 Å². The van der Waals surface area contributed by atoms with Crippen molar-refractivity contribution in [1.29, 1.82) is 0 Å². The summed E-state index contributed by atoms with van der Waals surface area (Å²) in [6.45, 7) is 0. The normalized spacial score (nSPS) is 10.6. The lowest BCUT2D eigenvalue weighted by molar-refractivity contribution is -0.385.